The summed E-state index contributed by atoms with van der Waals surface area (Å²) in [4.78, 5) is 0. The molecule has 6 heteroatoms. The van der Waals surface area contributed by atoms with Crippen molar-refractivity contribution in [1.29, 1.82) is 0 Å². The van der Waals surface area contributed by atoms with E-state index < -0.39 is 17.1 Å². The second kappa shape index (κ2) is 4.50. The molecule has 1 aromatic rings. The van der Waals surface area contributed by atoms with E-state index in [0.717, 1.165) is 6.07 Å². The topological polar surface area (TPSA) is 0 Å². The molecule has 0 aliphatic carbocycles. The first-order valence-electron chi connectivity index (χ1n) is 3.62. The van der Waals surface area contributed by atoms with E-state index in [9.17, 15) is 13.2 Å². The second-order valence-corrected chi connectivity index (χ2v) is 10.7. The summed E-state index contributed by atoms with van der Waals surface area (Å²) in [5.74, 6) is 0. The zero-order valence-corrected chi connectivity index (χ0v) is 11.1. The van der Waals surface area contributed by atoms with Gasteiger partial charge in [0.05, 0.1) is 10.9 Å². The van der Waals surface area contributed by atoms with Gasteiger partial charge in [0.15, 0.2) is 0 Å². The van der Waals surface area contributed by atoms with Crippen molar-refractivity contribution in [3.63, 3.8) is 0 Å². The van der Waals surface area contributed by atoms with Crippen LogP contribution in [0.4, 0.5) is 13.2 Å². The van der Waals surface area contributed by atoms with E-state index in [1.165, 1.54) is 6.07 Å². The average Bonchev–Trinajstić information content (AvgIpc) is 2.01. The Morgan fingerprint density at radius 3 is 2.14 bits per heavy atom. The molecular weight excluding hydrogens is 344 g/mol. The average molecular weight is 350 g/mol. The Morgan fingerprint density at radius 1 is 1.21 bits per heavy atom. The van der Waals surface area contributed by atoms with Crippen molar-refractivity contribution in [3.8, 4) is 0 Å². The van der Waals surface area contributed by atoms with E-state index >= 15 is 0 Å². The monoisotopic (exact) mass is 348 g/mol. The Labute approximate surface area is 97.1 Å². The highest BCUT2D eigenvalue weighted by Crippen LogP contribution is 2.53. The first-order chi connectivity index (χ1) is 6.34. The lowest BCUT2D eigenvalue weighted by Gasteiger charge is -2.15. The van der Waals surface area contributed by atoms with Crippen molar-refractivity contribution in [3.05, 3.63) is 29.3 Å². The normalized spacial score (nSPS) is 12.2. The lowest BCUT2D eigenvalue weighted by atomic mass is 10.1. The fourth-order valence-corrected chi connectivity index (χ4v) is 4.66. The number of alkyl halides is 3. The lowest BCUT2D eigenvalue weighted by molar-refractivity contribution is -0.136. The molecule has 0 saturated carbocycles. The maximum absolute atomic E-state index is 12.6. The Morgan fingerprint density at radius 2 is 1.79 bits per heavy atom. The maximum atomic E-state index is 12.6. The van der Waals surface area contributed by atoms with E-state index in [1.807, 2.05) is 0 Å². The second-order valence-electron chi connectivity index (χ2n) is 2.70. The van der Waals surface area contributed by atoms with Crippen molar-refractivity contribution in [1.82, 2.24) is 0 Å². The summed E-state index contributed by atoms with van der Waals surface area (Å²) in [6.07, 6.45) is -4.29. The van der Waals surface area contributed by atoms with Gasteiger partial charge < -0.3 is 0 Å². The maximum Gasteiger partial charge on any atom is 0.417 e. The van der Waals surface area contributed by atoms with E-state index in [2.05, 4.69) is 31.0 Å². The third kappa shape index (κ3) is 2.71. The molecular formula is C8H6Br2F3P. The van der Waals surface area contributed by atoms with Gasteiger partial charge in [0.1, 0.15) is 0 Å². The molecule has 0 aliphatic rings. The van der Waals surface area contributed by atoms with Crippen LogP contribution >= 0.6 is 36.3 Å². The molecule has 0 aromatic heterocycles. The van der Waals surface area contributed by atoms with Gasteiger partial charge in [-0.25, -0.2) is 0 Å². The summed E-state index contributed by atoms with van der Waals surface area (Å²) in [6, 6.07) is 4.18. The van der Waals surface area contributed by atoms with Gasteiger partial charge in [-0.15, -0.1) is 0 Å². The first-order valence-corrected chi connectivity index (χ1v) is 9.00. The van der Waals surface area contributed by atoms with Crippen LogP contribution in [0, 0.1) is 6.92 Å². The third-order valence-corrected chi connectivity index (χ3v) is 4.77. The number of aryl methyl sites for hydroxylation is 1. The van der Waals surface area contributed by atoms with Crippen LogP contribution in [-0.4, -0.2) is 0 Å². The molecule has 1 aromatic carbocycles. The molecule has 0 saturated heterocycles. The molecule has 78 valence electrons. The van der Waals surface area contributed by atoms with Gasteiger partial charge >= 0.3 is 6.18 Å². The highest BCUT2D eigenvalue weighted by molar-refractivity contribution is 9.70. The minimum Gasteiger partial charge on any atom is -0.166 e. The number of rotatable bonds is 1. The molecule has 0 atom stereocenters. The van der Waals surface area contributed by atoms with Gasteiger partial charge in [-0.3, -0.25) is 0 Å². The summed E-state index contributed by atoms with van der Waals surface area (Å²) in [7, 11) is 0. The molecule has 0 unspecified atom stereocenters. The zero-order valence-electron chi connectivity index (χ0n) is 7.07. The van der Waals surface area contributed by atoms with Crippen LogP contribution in [0.3, 0.4) is 0 Å². The van der Waals surface area contributed by atoms with Crippen LogP contribution in [0.2, 0.25) is 0 Å². The van der Waals surface area contributed by atoms with Gasteiger partial charge in [-0.1, -0.05) is 12.1 Å². The standard InChI is InChI=1S/C8H6Br2F3P/c1-5-3-2-4-6(8(11,12)13)7(5)14(9)10/h2-4H,1H3. The van der Waals surface area contributed by atoms with Crippen LogP contribution in [0.25, 0.3) is 0 Å². The fourth-order valence-electron chi connectivity index (χ4n) is 1.11. The first kappa shape index (κ1) is 12.5. The number of hydrogen-bond acceptors (Lipinski definition) is 0. The van der Waals surface area contributed by atoms with E-state index in [4.69, 9.17) is 0 Å². The van der Waals surface area contributed by atoms with Crippen molar-refractivity contribution in [2.75, 3.05) is 0 Å². The van der Waals surface area contributed by atoms with Crippen molar-refractivity contribution in [2.24, 2.45) is 0 Å². The highest BCUT2D eigenvalue weighted by atomic mass is 79.9. The third-order valence-electron chi connectivity index (χ3n) is 1.71. The molecule has 0 fully saturated rings. The largest absolute Gasteiger partial charge is 0.417 e. The van der Waals surface area contributed by atoms with Crippen LogP contribution in [0.15, 0.2) is 18.2 Å². The van der Waals surface area contributed by atoms with Crippen LogP contribution in [0.1, 0.15) is 11.1 Å². The Bertz CT molecular complexity index is 336. The minimum atomic E-state index is -4.29. The van der Waals surface area contributed by atoms with E-state index in [0.29, 0.717) is 10.9 Å². The molecule has 14 heavy (non-hydrogen) atoms. The van der Waals surface area contributed by atoms with E-state index in [1.54, 1.807) is 13.0 Å². The molecule has 0 nitrogen and oxygen atoms in total. The van der Waals surface area contributed by atoms with Gasteiger partial charge in [0.2, 0.25) is 0 Å². The molecule has 0 heterocycles. The summed E-state index contributed by atoms with van der Waals surface area (Å²) in [6.45, 7) is 1.67. The summed E-state index contributed by atoms with van der Waals surface area (Å²) < 4.78 is 37.7. The predicted octanol–water partition coefficient (Wildman–Crippen LogP) is 4.74. The van der Waals surface area contributed by atoms with Crippen molar-refractivity contribution in [2.45, 2.75) is 13.1 Å². The lowest BCUT2D eigenvalue weighted by Crippen LogP contribution is -2.18. The van der Waals surface area contributed by atoms with Gasteiger partial charge in [-0.05, 0) is 49.5 Å². The zero-order chi connectivity index (χ0) is 10.9. The van der Waals surface area contributed by atoms with Crippen molar-refractivity contribution < 1.29 is 13.2 Å². The van der Waals surface area contributed by atoms with Crippen molar-refractivity contribution >= 4 is 41.6 Å². The van der Waals surface area contributed by atoms with Crippen LogP contribution < -0.4 is 5.30 Å². The predicted molar refractivity (Wildman–Crippen MR) is 60.6 cm³/mol. The van der Waals surface area contributed by atoms with E-state index in [-0.39, 0.29) is 0 Å². The van der Waals surface area contributed by atoms with Gasteiger partial charge in [0, 0.05) is 5.30 Å². The molecule has 0 amide bonds. The molecule has 0 bridgehead atoms. The smallest absolute Gasteiger partial charge is 0.166 e. The number of benzene rings is 1. The van der Waals surface area contributed by atoms with Gasteiger partial charge in [0.25, 0.3) is 0 Å². The highest BCUT2D eigenvalue weighted by Gasteiger charge is 2.35. The number of halogens is 5. The quantitative estimate of drug-likeness (QED) is 0.642. The minimum absolute atomic E-state index is 0.301. The SMILES string of the molecule is Cc1cccc(C(F)(F)F)c1P(Br)Br. The Hall–Kier alpha value is 0.400. The molecule has 1 rings (SSSR count). The molecule has 0 N–H and O–H groups in total. The Kier molecular flexibility index (Phi) is 4.01. The number of hydrogen-bond donors (Lipinski definition) is 0. The summed E-state index contributed by atoms with van der Waals surface area (Å²) >= 11 is 6.32. The molecule has 0 aliphatic heterocycles. The van der Waals surface area contributed by atoms with Crippen LogP contribution in [0.5, 0.6) is 0 Å². The fraction of sp³-hybridized carbons (Fsp3) is 0.250. The molecule has 0 radical (unpaired) electrons. The van der Waals surface area contributed by atoms with Crippen LogP contribution in [-0.2, 0) is 6.18 Å². The Balaban J connectivity index is 3.36. The summed E-state index contributed by atoms with van der Waals surface area (Å²) in [5, 5.41) is -0.796. The summed E-state index contributed by atoms with van der Waals surface area (Å²) in [5.41, 5.74) is 0.0667. The molecule has 0 spiro atoms. The van der Waals surface area contributed by atoms with Gasteiger partial charge in [-0.2, -0.15) is 13.2 Å².